The SMILES string of the molecule is Cc1ccc(-c2nc3ccccc3c(=O)n2-c2ccc(C(=O)NN3C(=O)/C(=C/c4ccccc4)SC3c3ccc(F)cc3)cc2)cc1. The molecule has 9 heteroatoms. The van der Waals surface area contributed by atoms with Gasteiger partial charge in [0.25, 0.3) is 17.4 Å². The number of hydrogen-bond acceptors (Lipinski definition) is 5. The Morgan fingerprint density at radius 3 is 2.23 bits per heavy atom. The van der Waals surface area contributed by atoms with Gasteiger partial charge in [0.05, 0.1) is 21.5 Å². The molecule has 6 aromatic rings. The van der Waals surface area contributed by atoms with Gasteiger partial charge in [-0.2, -0.15) is 0 Å². The van der Waals surface area contributed by atoms with E-state index in [1.54, 1.807) is 59.2 Å². The fourth-order valence-electron chi connectivity index (χ4n) is 5.40. The van der Waals surface area contributed by atoms with Gasteiger partial charge in [-0.05, 0) is 72.7 Å². The van der Waals surface area contributed by atoms with Crippen molar-refractivity contribution in [3.05, 3.63) is 171 Å². The number of halogens is 1. The summed E-state index contributed by atoms with van der Waals surface area (Å²) in [5.74, 6) is -0.813. The summed E-state index contributed by atoms with van der Waals surface area (Å²) in [6, 6.07) is 36.8. The number of amides is 2. The van der Waals surface area contributed by atoms with Crippen LogP contribution in [0.25, 0.3) is 34.1 Å². The van der Waals surface area contributed by atoms with Crippen LogP contribution in [-0.4, -0.2) is 26.4 Å². The second-order valence-electron chi connectivity index (χ2n) is 11.1. The van der Waals surface area contributed by atoms with Crippen LogP contribution in [0, 0.1) is 12.7 Å². The van der Waals surface area contributed by atoms with Gasteiger partial charge in [-0.1, -0.05) is 96.2 Å². The fraction of sp³-hybridized carbons (Fsp3) is 0.0526. The van der Waals surface area contributed by atoms with Gasteiger partial charge in [-0.15, -0.1) is 0 Å². The lowest BCUT2D eigenvalue weighted by atomic mass is 10.1. The molecule has 0 bridgehead atoms. The molecule has 0 radical (unpaired) electrons. The highest BCUT2D eigenvalue weighted by Crippen LogP contribution is 2.45. The topological polar surface area (TPSA) is 84.3 Å². The Balaban J connectivity index is 1.21. The first-order valence-corrected chi connectivity index (χ1v) is 15.8. The molecule has 0 saturated carbocycles. The zero-order valence-electron chi connectivity index (χ0n) is 25.1. The summed E-state index contributed by atoms with van der Waals surface area (Å²) >= 11 is 1.28. The Morgan fingerprint density at radius 1 is 0.830 bits per heavy atom. The largest absolute Gasteiger partial charge is 0.280 e. The van der Waals surface area contributed by atoms with Crippen molar-refractivity contribution < 1.29 is 14.0 Å². The number of rotatable bonds is 6. The zero-order chi connectivity index (χ0) is 32.5. The molecule has 2 heterocycles. The predicted molar refractivity (Wildman–Crippen MR) is 183 cm³/mol. The van der Waals surface area contributed by atoms with Crippen LogP contribution in [-0.2, 0) is 4.79 Å². The number of thioether (sulfide) groups is 1. The Morgan fingerprint density at radius 2 is 1.51 bits per heavy atom. The number of benzene rings is 5. The summed E-state index contributed by atoms with van der Waals surface area (Å²) in [4.78, 5) is 46.3. The Bertz CT molecular complexity index is 2220. The van der Waals surface area contributed by atoms with Crippen LogP contribution >= 0.6 is 11.8 Å². The molecule has 230 valence electrons. The molecule has 7 rings (SSSR count). The van der Waals surface area contributed by atoms with E-state index in [1.165, 1.54) is 28.9 Å². The first-order valence-electron chi connectivity index (χ1n) is 14.9. The number of carbonyl (C=O) groups is 2. The summed E-state index contributed by atoms with van der Waals surface area (Å²) in [7, 11) is 0. The summed E-state index contributed by atoms with van der Waals surface area (Å²) in [6.45, 7) is 1.99. The molecule has 1 unspecified atom stereocenters. The van der Waals surface area contributed by atoms with E-state index in [9.17, 15) is 18.8 Å². The van der Waals surface area contributed by atoms with Crippen LogP contribution in [0.4, 0.5) is 4.39 Å². The molecule has 1 aromatic heterocycles. The molecule has 1 atom stereocenters. The molecule has 0 aliphatic carbocycles. The van der Waals surface area contributed by atoms with Crippen LogP contribution in [0.3, 0.4) is 0 Å². The smallest absolute Gasteiger partial charge is 0.268 e. The summed E-state index contributed by atoms with van der Waals surface area (Å²) in [6.07, 6.45) is 1.77. The number of aromatic nitrogens is 2. The van der Waals surface area contributed by atoms with Gasteiger partial charge in [0.2, 0.25) is 0 Å². The van der Waals surface area contributed by atoms with Crippen LogP contribution < -0.4 is 11.0 Å². The number of hydrogen-bond donors (Lipinski definition) is 1. The summed E-state index contributed by atoms with van der Waals surface area (Å²) < 4.78 is 15.3. The second kappa shape index (κ2) is 12.5. The highest BCUT2D eigenvalue weighted by Gasteiger charge is 2.38. The molecule has 1 aliphatic heterocycles. The van der Waals surface area contributed by atoms with E-state index in [4.69, 9.17) is 4.98 Å². The van der Waals surface area contributed by atoms with Crippen molar-refractivity contribution >= 4 is 40.6 Å². The Hall–Kier alpha value is -5.80. The molecular formula is C38H27FN4O3S. The van der Waals surface area contributed by atoms with Crippen LogP contribution in [0.2, 0.25) is 0 Å². The minimum atomic E-state index is -0.611. The normalized spacial score (nSPS) is 15.4. The number of nitrogens with one attached hydrogen (secondary N) is 1. The summed E-state index contributed by atoms with van der Waals surface area (Å²) in [5.41, 5.74) is 7.29. The average molecular weight is 639 g/mol. The van der Waals surface area contributed by atoms with Crippen molar-refractivity contribution in [1.29, 1.82) is 0 Å². The fourth-order valence-corrected chi connectivity index (χ4v) is 6.59. The van der Waals surface area contributed by atoms with Crippen molar-refractivity contribution in [3.8, 4) is 17.1 Å². The molecule has 1 saturated heterocycles. The number of fused-ring (bicyclic) bond motifs is 1. The molecule has 0 spiro atoms. The molecule has 7 nitrogen and oxygen atoms in total. The first kappa shape index (κ1) is 29.9. The van der Waals surface area contributed by atoms with E-state index in [-0.39, 0.29) is 17.0 Å². The van der Waals surface area contributed by atoms with Gasteiger partial charge in [0.1, 0.15) is 17.0 Å². The minimum absolute atomic E-state index is 0.233. The van der Waals surface area contributed by atoms with E-state index in [0.29, 0.717) is 32.9 Å². The number of nitrogens with zero attached hydrogens (tertiary/aromatic N) is 3. The molecule has 47 heavy (non-hydrogen) atoms. The maximum atomic E-state index is 13.8. The average Bonchev–Trinajstić information content (AvgIpc) is 3.39. The monoisotopic (exact) mass is 638 g/mol. The summed E-state index contributed by atoms with van der Waals surface area (Å²) in [5, 5.41) is 1.14. The third kappa shape index (κ3) is 5.96. The molecule has 5 aromatic carbocycles. The lowest BCUT2D eigenvalue weighted by Crippen LogP contribution is -2.44. The highest BCUT2D eigenvalue weighted by molar-refractivity contribution is 8.04. The van der Waals surface area contributed by atoms with Gasteiger partial charge in [-0.25, -0.2) is 14.4 Å². The van der Waals surface area contributed by atoms with E-state index in [0.717, 1.165) is 16.7 Å². The number of para-hydroxylation sites is 1. The molecular weight excluding hydrogens is 612 g/mol. The van der Waals surface area contributed by atoms with Crippen LogP contribution in [0.5, 0.6) is 0 Å². The third-order valence-electron chi connectivity index (χ3n) is 7.85. The number of carbonyl (C=O) groups excluding carboxylic acids is 2. The number of aryl methyl sites for hydroxylation is 1. The van der Waals surface area contributed by atoms with Crippen molar-refractivity contribution in [2.24, 2.45) is 0 Å². The van der Waals surface area contributed by atoms with Gasteiger partial charge < -0.3 is 0 Å². The van der Waals surface area contributed by atoms with Gasteiger partial charge in [-0.3, -0.25) is 24.4 Å². The van der Waals surface area contributed by atoms with E-state index in [2.05, 4.69) is 5.43 Å². The van der Waals surface area contributed by atoms with E-state index >= 15 is 0 Å². The standard InChI is InChI=1S/C38H27FN4O3S/c1-24-11-13-26(14-12-24)34-40-32-10-6-5-9-31(32)36(45)42(34)30-21-17-27(18-22-30)35(44)41-43-37(46)33(23-25-7-3-2-4-8-25)47-38(43)28-15-19-29(39)20-16-28/h2-23,38H,1H3,(H,41,44)/b33-23-. The zero-order valence-corrected chi connectivity index (χ0v) is 25.9. The van der Waals surface area contributed by atoms with Crippen LogP contribution in [0.1, 0.15) is 32.4 Å². The van der Waals surface area contributed by atoms with Gasteiger partial charge in [0, 0.05) is 11.1 Å². The maximum Gasteiger partial charge on any atom is 0.280 e. The van der Waals surface area contributed by atoms with Crippen LogP contribution in [0.15, 0.2) is 137 Å². The van der Waals surface area contributed by atoms with E-state index < -0.39 is 17.1 Å². The predicted octanol–water partition coefficient (Wildman–Crippen LogP) is 7.46. The second-order valence-corrected chi connectivity index (χ2v) is 12.2. The van der Waals surface area contributed by atoms with Gasteiger partial charge in [0.15, 0.2) is 0 Å². The quantitative estimate of drug-likeness (QED) is 0.192. The first-order chi connectivity index (χ1) is 22.9. The lowest BCUT2D eigenvalue weighted by Gasteiger charge is -2.24. The maximum absolute atomic E-state index is 13.8. The highest BCUT2D eigenvalue weighted by atomic mass is 32.2. The van der Waals surface area contributed by atoms with Crippen molar-refractivity contribution in [3.63, 3.8) is 0 Å². The van der Waals surface area contributed by atoms with Crippen molar-refractivity contribution in [2.75, 3.05) is 0 Å². The van der Waals surface area contributed by atoms with E-state index in [1.807, 2.05) is 73.7 Å². The third-order valence-corrected chi connectivity index (χ3v) is 9.10. The van der Waals surface area contributed by atoms with Gasteiger partial charge >= 0.3 is 0 Å². The van der Waals surface area contributed by atoms with Crippen molar-refractivity contribution in [2.45, 2.75) is 12.3 Å². The lowest BCUT2D eigenvalue weighted by molar-refractivity contribution is -0.128. The minimum Gasteiger partial charge on any atom is -0.268 e. The molecule has 1 aliphatic rings. The molecule has 1 fully saturated rings. The Kier molecular flexibility index (Phi) is 7.97. The Labute approximate surface area is 274 Å². The number of hydrazine groups is 1. The van der Waals surface area contributed by atoms with Crippen molar-refractivity contribution in [1.82, 2.24) is 20.0 Å². The molecule has 1 N–H and O–H groups in total. The molecule has 2 amide bonds.